The highest BCUT2D eigenvalue weighted by Gasteiger charge is 2.35. The van der Waals surface area contributed by atoms with E-state index in [1.807, 2.05) is 4.90 Å². The summed E-state index contributed by atoms with van der Waals surface area (Å²) >= 11 is 9.32. The summed E-state index contributed by atoms with van der Waals surface area (Å²) in [4.78, 5) is 25.9. The zero-order valence-corrected chi connectivity index (χ0v) is 13.8. The summed E-state index contributed by atoms with van der Waals surface area (Å²) in [6, 6.07) is 5.45. The second kappa shape index (κ2) is 5.97. The van der Waals surface area contributed by atoms with Gasteiger partial charge in [0.05, 0.1) is 5.56 Å². The molecule has 6 heteroatoms. The summed E-state index contributed by atoms with van der Waals surface area (Å²) in [5, 5.41) is 3.64. The van der Waals surface area contributed by atoms with Crippen LogP contribution in [0.1, 0.15) is 29.6 Å². The van der Waals surface area contributed by atoms with E-state index in [-0.39, 0.29) is 17.9 Å². The minimum absolute atomic E-state index is 0.0221. The van der Waals surface area contributed by atoms with Crippen molar-refractivity contribution >= 4 is 39.3 Å². The van der Waals surface area contributed by atoms with Gasteiger partial charge >= 0.3 is 0 Å². The SMILES string of the molecule is O=C1CCC2CN(C(=O)c3ccc(Cl)cc3Br)CCC2N1. The van der Waals surface area contributed by atoms with Crippen LogP contribution in [0.25, 0.3) is 0 Å². The number of hydrogen-bond donors (Lipinski definition) is 1. The average molecular weight is 372 g/mol. The number of piperidine rings is 2. The molecule has 2 aliphatic heterocycles. The van der Waals surface area contributed by atoms with E-state index in [2.05, 4.69) is 21.2 Å². The Morgan fingerprint density at radius 1 is 1.38 bits per heavy atom. The molecule has 2 unspecified atom stereocenters. The Kier molecular flexibility index (Phi) is 4.22. The first-order valence-corrected chi connectivity index (χ1v) is 8.25. The van der Waals surface area contributed by atoms with Crippen molar-refractivity contribution in [1.82, 2.24) is 10.2 Å². The number of nitrogens with one attached hydrogen (secondary N) is 1. The monoisotopic (exact) mass is 370 g/mol. The molecule has 0 radical (unpaired) electrons. The maximum absolute atomic E-state index is 12.6. The van der Waals surface area contributed by atoms with Crippen LogP contribution in [-0.2, 0) is 4.79 Å². The molecule has 2 atom stereocenters. The van der Waals surface area contributed by atoms with Gasteiger partial charge in [-0.15, -0.1) is 0 Å². The van der Waals surface area contributed by atoms with Gasteiger partial charge < -0.3 is 10.2 Å². The van der Waals surface area contributed by atoms with E-state index in [1.165, 1.54) is 0 Å². The Bertz CT molecular complexity index is 593. The number of halogens is 2. The fraction of sp³-hybridized carbons (Fsp3) is 0.467. The summed E-state index contributed by atoms with van der Waals surface area (Å²) in [6.07, 6.45) is 2.25. The summed E-state index contributed by atoms with van der Waals surface area (Å²) in [6.45, 7) is 1.38. The van der Waals surface area contributed by atoms with Crippen molar-refractivity contribution in [1.29, 1.82) is 0 Å². The number of benzene rings is 1. The van der Waals surface area contributed by atoms with Gasteiger partial charge in [0.1, 0.15) is 0 Å². The van der Waals surface area contributed by atoms with Gasteiger partial charge in [-0.05, 0) is 52.9 Å². The quantitative estimate of drug-likeness (QED) is 0.825. The van der Waals surface area contributed by atoms with E-state index in [0.29, 0.717) is 36.0 Å². The van der Waals surface area contributed by atoms with Crippen molar-refractivity contribution in [3.8, 4) is 0 Å². The number of carbonyl (C=O) groups excluding carboxylic acids is 2. The third-order valence-corrected chi connectivity index (χ3v) is 5.16. The highest BCUT2D eigenvalue weighted by Crippen LogP contribution is 2.28. The zero-order valence-electron chi connectivity index (χ0n) is 11.4. The minimum atomic E-state index is 0.0221. The molecule has 0 spiro atoms. The van der Waals surface area contributed by atoms with Crippen molar-refractivity contribution in [2.75, 3.05) is 13.1 Å². The molecule has 2 fully saturated rings. The smallest absolute Gasteiger partial charge is 0.255 e. The molecule has 0 saturated carbocycles. The minimum Gasteiger partial charge on any atom is -0.353 e. The maximum atomic E-state index is 12.6. The van der Waals surface area contributed by atoms with Crippen molar-refractivity contribution in [3.05, 3.63) is 33.3 Å². The number of amides is 2. The Hall–Kier alpha value is -1.07. The van der Waals surface area contributed by atoms with Crippen LogP contribution in [0.2, 0.25) is 5.02 Å². The lowest BCUT2D eigenvalue weighted by Crippen LogP contribution is -2.55. The summed E-state index contributed by atoms with van der Waals surface area (Å²) < 4.78 is 0.721. The Morgan fingerprint density at radius 3 is 2.95 bits per heavy atom. The predicted octanol–water partition coefficient (Wildman–Crippen LogP) is 2.84. The number of hydrogen-bond acceptors (Lipinski definition) is 2. The number of nitrogens with zero attached hydrogens (tertiary/aromatic N) is 1. The molecule has 21 heavy (non-hydrogen) atoms. The van der Waals surface area contributed by atoms with Gasteiger partial charge in [-0.1, -0.05) is 11.6 Å². The molecule has 2 amide bonds. The lowest BCUT2D eigenvalue weighted by atomic mass is 9.85. The van der Waals surface area contributed by atoms with Gasteiger partial charge in [-0.25, -0.2) is 0 Å². The highest BCUT2D eigenvalue weighted by atomic mass is 79.9. The van der Waals surface area contributed by atoms with Gasteiger partial charge in [0, 0.05) is 35.0 Å². The van der Waals surface area contributed by atoms with Crippen molar-refractivity contribution in [2.24, 2.45) is 5.92 Å². The average Bonchev–Trinajstić information content (AvgIpc) is 2.46. The molecule has 2 aliphatic rings. The van der Waals surface area contributed by atoms with Crippen LogP contribution in [0.3, 0.4) is 0 Å². The Balaban J connectivity index is 1.73. The number of fused-ring (bicyclic) bond motifs is 1. The van der Waals surface area contributed by atoms with Crippen molar-refractivity contribution in [2.45, 2.75) is 25.3 Å². The highest BCUT2D eigenvalue weighted by molar-refractivity contribution is 9.10. The van der Waals surface area contributed by atoms with Gasteiger partial charge in [-0.3, -0.25) is 9.59 Å². The first-order chi connectivity index (χ1) is 10.0. The topological polar surface area (TPSA) is 49.4 Å². The lowest BCUT2D eigenvalue weighted by Gasteiger charge is -2.41. The van der Waals surface area contributed by atoms with E-state index in [0.717, 1.165) is 17.3 Å². The molecule has 1 aromatic rings. The molecule has 4 nitrogen and oxygen atoms in total. The standard InChI is InChI=1S/C15H16BrClN2O2/c16-12-7-10(17)2-3-11(12)15(21)19-6-5-13-9(8-19)1-4-14(20)18-13/h2-3,7,9,13H,1,4-6,8H2,(H,18,20). The van der Waals surface area contributed by atoms with Gasteiger partial charge in [0.25, 0.3) is 5.91 Å². The van der Waals surface area contributed by atoms with Gasteiger partial charge in [0.2, 0.25) is 5.91 Å². The van der Waals surface area contributed by atoms with E-state index in [4.69, 9.17) is 11.6 Å². The number of likely N-dealkylation sites (tertiary alicyclic amines) is 1. The number of carbonyl (C=O) groups is 2. The van der Waals surface area contributed by atoms with Crippen LogP contribution in [0.5, 0.6) is 0 Å². The first kappa shape index (κ1) is 14.9. The Labute approximate surface area is 137 Å². The number of rotatable bonds is 1. The zero-order chi connectivity index (χ0) is 15.0. The molecular weight excluding hydrogens is 356 g/mol. The van der Waals surface area contributed by atoms with Crippen LogP contribution >= 0.6 is 27.5 Å². The van der Waals surface area contributed by atoms with E-state index < -0.39 is 0 Å². The van der Waals surface area contributed by atoms with Crippen molar-refractivity contribution < 1.29 is 9.59 Å². The third-order valence-electron chi connectivity index (χ3n) is 4.27. The van der Waals surface area contributed by atoms with E-state index >= 15 is 0 Å². The van der Waals surface area contributed by atoms with E-state index in [9.17, 15) is 9.59 Å². The van der Waals surface area contributed by atoms with Crippen LogP contribution in [0.4, 0.5) is 0 Å². The molecule has 2 saturated heterocycles. The molecule has 1 N–H and O–H groups in total. The van der Waals surface area contributed by atoms with Crippen molar-refractivity contribution in [3.63, 3.8) is 0 Å². The largest absolute Gasteiger partial charge is 0.353 e. The van der Waals surface area contributed by atoms with Crippen LogP contribution in [0.15, 0.2) is 22.7 Å². The van der Waals surface area contributed by atoms with Crippen LogP contribution in [0, 0.1) is 5.92 Å². The van der Waals surface area contributed by atoms with Gasteiger partial charge in [-0.2, -0.15) is 0 Å². The first-order valence-electron chi connectivity index (χ1n) is 7.08. The maximum Gasteiger partial charge on any atom is 0.255 e. The van der Waals surface area contributed by atoms with Gasteiger partial charge in [0.15, 0.2) is 0 Å². The fourth-order valence-electron chi connectivity index (χ4n) is 3.13. The molecule has 3 rings (SSSR count). The Morgan fingerprint density at radius 2 is 2.19 bits per heavy atom. The summed E-state index contributed by atoms with van der Waals surface area (Å²) in [5.41, 5.74) is 0.637. The summed E-state index contributed by atoms with van der Waals surface area (Å²) in [5.74, 6) is 0.525. The molecule has 0 aliphatic carbocycles. The summed E-state index contributed by atoms with van der Waals surface area (Å²) in [7, 11) is 0. The van der Waals surface area contributed by atoms with Crippen LogP contribution in [-0.4, -0.2) is 35.8 Å². The molecule has 0 aromatic heterocycles. The third kappa shape index (κ3) is 3.09. The normalized spacial score (nSPS) is 25.2. The lowest BCUT2D eigenvalue weighted by molar-refractivity contribution is -0.125. The van der Waals surface area contributed by atoms with E-state index in [1.54, 1.807) is 18.2 Å². The fourth-order valence-corrected chi connectivity index (χ4v) is 3.98. The predicted molar refractivity (Wildman–Crippen MR) is 84.3 cm³/mol. The molecule has 0 bridgehead atoms. The molecular formula is C15H16BrClN2O2. The second-order valence-electron chi connectivity index (χ2n) is 5.64. The second-order valence-corrected chi connectivity index (χ2v) is 6.93. The van der Waals surface area contributed by atoms with Crippen LogP contribution < -0.4 is 5.32 Å². The molecule has 2 heterocycles. The molecule has 112 valence electrons. The molecule has 1 aromatic carbocycles.